The van der Waals surface area contributed by atoms with Crippen molar-refractivity contribution in [2.75, 3.05) is 6.54 Å². The molecule has 0 atom stereocenters. The van der Waals surface area contributed by atoms with E-state index >= 15 is 0 Å². The third-order valence-electron chi connectivity index (χ3n) is 2.80. The zero-order chi connectivity index (χ0) is 18.2. The zero-order valence-corrected chi connectivity index (χ0v) is 12.7. The lowest BCUT2D eigenvalue weighted by atomic mass is 10.2. The van der Waals surface area contributed by atoms with Crippen LogP contribution < -0.4 is 16.6 Å². The Hall–Kier alpha value is -3.82. The number of aromatic hydroxyl groups is 1. The molecular formula is C15H13N5O5. The fourth-order valence-corrected chi connectivity index (χ4v) is 1.66. The van der Waals surface area contributed by atoms with Gasteiger partial charge in [-0.2, -0.15) is 0 Å². The first kappa shape index (κ1) is 17.5. The fourth-order valence-electron chi connectivity index (χ4n) is 1.66. The molecule has 0 aliphatic rings. The third-order valence-corrected chi connectivity index (χ3v) is 2.80. The van der Waals surface area contributed by atoms with Gasteiger partial charge in [0.05, 0.1) is 0 Å². The minimum Gasteiger partial charge on any atom is -0.493 e. The van der Waals surface area contributed by atoms with Gasteiger partial charge < -0.3 is 10.4 Å². The van der Waals surface area contributed by atoms with Crippen LogP contribution in [0, 0.1) is 0 Å². The lowest BCUT2D eigenvalue weighted by Gasteiger charge is -1.98. The Kier molecular flexibility index (Phi) is 5.72. The Morgan fingerprint density at radius 2 is 1.88 bits per heavy atom. The average molecular weight is 343 g/mol. The second-order valence-corrected chi connectivity index (χ2v) is 4.66. The van der Waals surface area contributed by atoms with Gasteiger partial charge in [-0.05, 0) is 11.6 Å². The maximum absolute atomic E-state index is 11.6. The van der Waals surface area contributed by atoms with E-state index in [-0.39, 0.29) is 0 Å². The van der Waals surface area contributed by atoms with E-state index in [0.29, 0.717) is 0 Å². The number of aromatic nitrogens is 2. The molecule has 0 aliphatic carbocycles. The number of aromatic amines is 2. The molecule has 1 aromatic heterocycles. The van der Waals surface area contributed by atoms with Crippen molar-refractivity contribution >= 4 is 23.6 Å². The number of carbonyl (C=O) groups excluding carboxylic acids is 2. The molecule has 0 spiro atoms. The normalized spacial score (nSPS) is 11.0. The summed E-state index contributed by atoms with van der Waals surface area (Å²) < 4.78 is 0. The van der Waals surface area contributed by atoms with Crippen molar-refractivity contribution < 1.29 is 14.7 Å². The second-order valence-electron chi connectivity index (χ2n) is 4.66. The van der Waals surface area contributed by atoms with E-state index in [1.165, 1.54) is 6.08 Å². The number of hydrogen-bond donors (Lipinski definition) is 4. The van der Waals surface area contributed by atoms with Crippen LogP contribution in [-0.4, -0.2) is 33.4 Å². The Bertz CT molecular complexity index is 943. The lowest BCUT2D eigenvalue weighted by Crippen LogP contribution is -2.26. The van der Waals surface area contributed by atoms with Gasteiger partial charge >= 0.3 is 5.69 Å². The van der Waals surface area contributed by atoms with E-state index in [9.17, 15) is 24.3 Å². The lowest BCUT2D eigenvalue weighted by molar-refractivity contribution is -0.122. The molecule has 2 aromatic rings. The molecule has 4 N–H and O–H groups in total. The number of benzene rings is 1. The highest BCUT2D eigenvalue weighted by atomic mass is 16.3. The number of nitrogens with one attached hydrogen (secondary N) is 3. The summed E-state index contributed by atoms with van der Waals surface area (Å²) in [6.45, 7) is -0.455. The van der Waals surface area contributed by atoms with Crippen molar-refractivity contribution in [2.45, 2.75) is 0 Å². The molecule has 0 unspecified atom stereocenters. The van der Waals surface area contributed by atoms with Crippen LogP contribution in [0.5, 0.6) is 5.88 Å². The first-order chi connectivity index (χ1) is 12.0. The van der Waals surface area contributed by atoms with Gasteiger partial charge in [0.15, 0.2) is 0 Å². The monoisotopic (exact) mass is 343 g/mol. The predicted molar refractivity (Wildman–Crippen MR) is 87.4 cm³/mol. The largest absolute Gasteiger partial charge is 0.493 e. The van der Waals surface area contributed by atoms with Crippen LogP contribution in [0.25, 0.3) is 6.08 Å². The summed E-state index contributed by atoms with van der Waals surface area (Å²) >= 11 is 0. The molecule has 1 heterocycles. The van der Waals surface area contributed by atoms with Gasteiger partial charge in [0.25, 0.3) is 11.5 Å². The van der Waals surface area contributed by atoms with Crippen molar-refractivity contribution in [3.63, 3.8) is 0 Å². The van der Waals surface area contributed by atoms with Gasteiger partial charge in [-0.1, -0.05) is 30.3 Å². The van der Waals surface area contributed by atoms with Crippen LogP contribution in [0.15, 0.2) is 56.2 Å². The molecule has 0 fully saturated rings. The second kappa shape index (κ2) is 8.15. The van der Waals surface area contributed by atoms with E-state index in [1.807, 2.05) is 28.2 Å². The van der Waals surface area contributed by atoms with Crippen molar-refractivity contribution in [3.05, 3.63) is 62.8 Å². The van der Waals surface area contributed by atoms with Crippen LogP contribution in [0.4, 0.5) is 5.69 Å². The van der Waals surface area contributed by atoms with Crippen LogP contribution in [0.1, 0.15) is 5.56 Å². The van der Waals surface area contributed by atoms with Crippen molar-refractivity contribution in [3.8, 4) is 5.88 Å². The van der Waals surface area contributed by atoms with E-state index in [1.54, 1.807) is 18.2 Å². The van der Waals surface area contributed by atoms with Gasteiger partial charge in [-0.3, -0.25) is 24.4 Å². The molecule has 2 rings (SSSR count). The first-order valence-electron chi connectivity index (χ1n) is 6.97. The van der Waals surface area contributed by atoms with Crippen LogP contribution >= 0.6 is 0 Å². The van der Waals surface area contributed by atoms with Crippen molar-refractivity contribution in [1.82, 2.24) is 15.3 Å². The van der Waals surface area contributed by atoms with E-state index < -0.39 is 41.2 Å². The standard InChI is InChI=1S/C15H13N5O5/c21-10(7-6-9-4-2-1-3-5-9)16-8-11(22)19-20-12-13(23)17-15(25)18-14(12)24/h1-7H,8H2,(H,16,21)(H3,17,18,23,24,25)/b7-6+,20-19?. The third kappa shape index (κ3) is 5.39. The number of amides is 2. The molecule has 2 amide bonds. The number of H-pyrrole nitrogens is 2. The maximum Gasteiger partial charge on any atom is 0.328 e. The first-order valence-corrected chi connectivity index (χ1v) is 6.97. The highest BCUT2D eigenvalue weighted by molar-refractivity contribution is 5.94. The SMILES string of the molecule is O=C(CNC(=O)/C=C/c1ccccc1)N=Nc1c(O)[nH]c(=O)[nH]c1=O. The summed E-state index contributed by atoms with van der Waals surface area (Å²) in [5, 5.41) is 18.1. The fraction of sp³-hybridized carbons (Fsp3) is 0.0667. The minimum atomic E-state index is -1.01. The molecule has 1 aromatic carbocycles. The number of rotatable bonds is 5. The van der Waals surface area contributed by atoms with E-state index in [2.05, 4.69) is 15.5 Å². The average Bonchev–Trinajstić information content (AvgIpc) is 2.58. The van der Waals surface area contributed by atoms with Gasteiger partial charge in [-0.25, -0.2) is 4.79 Å². The quantitative estimate of drug-likeness (QED) is 0.451. The molecule has 10 heteroatoms. The van der Waals surface area contributed by atoms with Gasteiger partial charge in [0.1, 0.15) is 6.54 Å². The summed E-state index contributed by atoms with van der Waals surface area (Å²) in [5.74, 6) is -2.19. The molecule has 10 nitrogen and oxygen atoms in total. The van der Waals surface area contributed by atoms with Crippen molar-refractivity contribution in [1.29, 1.82) is 0 Å². The molecule has 25 heavy (non-hydrogen) atoms. The summed E-state index contributed by atoms with van der Waals surface area (Å²) in [4.78, 5) is 49.1. The summed E-state index contributed by atoms with van der Waals surface area (Å²) in [7, 11) is 0. The highest BCUT2D eigenvalue weighted by Gasteiger charge is 2.08. The van der Waals surface area contributed by atoms with Crippen molar-refractivity contribution in [2.24, 2.45) is 10.2 Å². The van der Waals surface area contributed by atoms with Gasteiger partial charge in [0.2, 0.25) is 17.5 Å². The summed E-state index contributed by atoms with van der Waals surface area (Å²) in [6.07, 6.45) is 2.82. The number of hydrogen-bond acceptors (Lipinski definition) is 6. The predicted octanol–water partition coefficient (Wildman–Crippen LogP) is 0.209. The van der Waals surface area contributed by atoms with Crippen LogP contribution in [0.2, 0.25) is 0 Å². The molecule has 0 aliphatic heterocycles. The number of nitrogens with zero attached hydrogens (tertiary/aromatic N) is 2. The van der Waals surface area contributed by atoms with E-state index in [0.717, 1.165) is 5.56 Å². The topological polar surface area (TPSA) is 157 Å². The Labute approximate surface area is 139 Å². The molecule has 0 bridgehead atoms. The Morgan fingerprint density at radius 1 is 1.16 bits per heavy atom. The van der Waals surface area contributed by atoms with E-state index in [4.69, 9.17) is 0 Å². The molecule has 0 saturated heterocycles. The van der Waals surface area contributed by atoms with Crippen LogP contribution in [-0.2, 0) is 9.59 Å². The molecular weight excluding hydrogens is 330 g/mol. The van der Waals surface area contributed by atoms with Gasteiger partial charge in [0, 0.05) is 6.08 Å². The molecule has 0 saturated carbocycles. The Balaban J connectivity index is 1.90. The summed E-state index contributed by atoms with van der Waals surface area (Å²) in [5.41, 5.74) is -1.74. The molecule has 128 valence electrons. The highest BCUT2D eigenvalue weighted by Crippen LogP contribution is 2.15. The van der Waals surface area contributed by atoms with Crippen LogP contribution in [0.3, 0.4) is 0 Å². The van der Waals surface area contributed by atoms with Gasteiger partial charge in [-0.15, -0.1) is 10.2 Å². The maximum atomic E-state index is 11.6. The number of azo groups is 1. The smallest absolute Gasteiger partial charge is 0.328 e. The molecule has 0 radical (unpaired) electrons. The minimum absolute atomic E-state index is 0.455. The zero-order valence-electron chi connectivity index (χ0n) is 12.7. The Morgan fingerprint density at radius 3 is 2.56 bits per heavy atom. The number of carbonyl (C=O) groups is 2. The summed E-state index contributed by atoms with van der Waals surface area (Å²) in [6, 6.07) is 9.08.